The van der Waals surface area contributed by atoms with E-state index in [0.29, 0.717) is 5.92 Å². The molecule has 9 atom stereocenters. The van der Waals surface area contributed by atoms with Crippen LogP contribution in [0.15, 0.2) is 29.0 Å². The van der Waals surface area contributed by atoms with Crippen LogP contribution in [0.4, 0.5) is 0 Å². The monoisotopic (exact) mass is 369 g/mol. The Morgan fingerprint density at radius 2 is 2.07 bits per heavy atom. The van der Waals surface area contributed by atoms with Gasteiger partial charge in [0.2, 0.25) is 0 Å². The molecule has 0 aromatic rings. The van der Waals surface area contributed by atoms with Crippen LogP contribution in [0.2, 0.25) is 0 Å². The molecular weight excluding hydrogens is 338 g/mol. The minimum Gasteiger partial charge on any atom is -0.411 e. The summed E-state index contributed by atoms with van der Waals surface area (Å²) < 4.78 is 6.23. The molecule has 6 aliphatic rings. The quantitative estimate of drug-likeness (QED) is 0.412. The van der Waals surface area contributed by atoms with Crippen molar-refractivity contribution in [2.45, 2.75) is 70.2 Å². The maximum Gasteiger partial charge on any atom is 0.175 e. The molecule has 0 radical (unpaired) electrons. The summed E-state index contributed by atoms with van der Waals surface area (Å²) in [7, 11) is 0. The summed E-state index contributed by atoms with van der Waals surface area (Å²) >= 11 is 0. The second kappa shape index (κ2) is 5.48. The second-order valence-electron chi connectivity index (χ2n) is 10.1. The first-order valence-electron chi connectivity index (χ1n) is 11.1. The first kappa shape index (κ1) is 16.8. The molecule has 4 unspecified atom stereocenters. The van der Waals surface area contributed by atoms with E-state index >= 15 is 0 Å². The summed E-state index contributed by atoms with van der Waals surface area (Å²) in [5.74, 6) is 4.64. The van der Waals surface area contributed by atoms with Crippen LogP contribution >= 0.6 is 0 Å². The number of aliphatic hydroxyl groups is 1. The molecule has 4 fully saturated rings. The van der Waals surface area contributed by atoms with Gasteiger partial charge >= 0.3 is 0 Å². The Labute approximate surface area is 161 Å². The summed E-state index contributed by atoms with van der Waals surface area (Å²) in [5, 5.41) is 22.9. The van der Waals surface area contributed by atoms with E-state index in [1.807, 2.05) is 6.08 Å². The molecule has 4 heteroatoms. The van der Waals surface area contributed by atoms with Gasteiger partial charge in [-0.1, -0.05) is 23.7 Å². The third-order valence-corrected chi connectivity index (χ3v) is 9.63. The SMILES string of the molecule is CC[C@]12CCC3C(C1CC[C@@]21C=CC(O)O1)[C@H]1C[C@H]1C1=C/C(=N/O)CC[C@@H]13. The first-order valence-corrected chi connectivity index (χ1v) is 11.1. The van der Waals surface area contributed by atoms with E-state index < -0.39 is 6.29 Å². The van der Waals surface area contributed by atoms with Gasteiger partial charge in [-0.25, -0.2) is 0 Å². The lowest BCUT2D eigenvalue weighted by Gasteiger charge is -2.57. The fourth-order valence-corrected chi connectivity index (χ4v) is 8.65. The van der Waals surface area contributed by atoms with Gasteiger partial charge in [-0.3, -0.25) is 0 Å². The Morgan fingerprint density at radius 1 is 1.19 bits per heavy atom. The van der Waals surface area contributed by atoms with Crippen molar-refractivity contribution in [3.63, 3.8) is 0 Å². The molecule has 5 aliphatic carbocycles. The van der Waals surface area contributed by atoms with E-state index in [1.54, 1.807) is 5.57 Å². The molecule has 4 nitrogen and oxygen atoms in total. The molecule has 2 N–H and O–H groups in total. The third-order valence-electron chi connectivity index (χ3n) is 9.63. The van der Waals surface area contributed by atoms with Crippen LogP contribution in [0.5, 0.6) is 0 Å². The molecule has 0 amide bonds. The minimum atomic E-state index is -0.714. The zero-order valence-electron chi connectivity index (χ0n) is 16.2. The third kappa shape index (κ3) is 1.99. The Morgan fingerprint density at radius 3 is 2.81 bits per heavy atom. The molecule has 1 aliphatic heterocycles. The van der Waals surface area contributed by atoms with Gasteiger partial charge in [0, 0.05) is 5.41 Å². The van der Waals surface area contributed by atoms with Crippen molar-refractivity contribution >= 4 is 5.71 Å². The van der Waals surface area contributed by atoms with Gasteiger partial charge in [-0.2, -0.15) is 0 Å². The lowest BCUT2D eigenvalue weighted by atomic mass is 9.49. The number of allylic oxidation sites excluding steroid dienone is 2. The van der Waals surface area contributed by atoms with Crippen LogP contribution in [-0.2, 0) is 4.74 Å². The fourth-order valence-electron chi connectivity index (χ4n) is 8.65. The number of hydrogen-bond donors (Lipinski definition) is 2. The largest absolute Gasteiger partial charge is 0.411 e. The van der Waals surface area contributed by atoms with Crippen LogP contribution < -0.4 is 0 Å². The van der Waals surface area contributed by atoms with Gasteiger partial charge in [0.05, 0.1) is 11.3 Å². The second-order valence-corrected chi connectivity index (χ2v) is 10.1. The van der Waals surface area contributed by atoms with Gasteiger partial charge in [0.15, 0.2) is 6.29 Å². The number of hydrogen-bond acceptors (Lipinski definition) is 4. The highest BCUT2D eigenvalue weighted by molar-refractivity contribution is 5.96. The lowest BCUT2D eigenvalue weighted by molar-refractivity contribution is -0.188. The summed E-state index contributed by atoms with van der Waals surface area (Å²) in [6.45, 7) is 2.35. The van der Waals surface area contributed by atoms with E-state index in [-0.39, 0.29) is 11.0 Å². The van der Waals surface area contributed by atoms with E-state index in [4.69, 9.17) is 4.74 Å². The Hall–Kier alpha value is -1.13. The summed E-state index contributed by atoms with van der Waals surface area (Å²) in [6, 6.07) is 0. The maximum absolute atomic E-state index is 10.1. The maximum atomic E-state index is 10.1. The van der Waals surface area contributed by atoms with Crippen molar-refractivity contribution in [1.82, 2.24) is 0 Å². The fraction of sp³-hybridized carbons (Fsp3) is 0.783. The van der Waals surface area contributed by atoms with Gasteiger partial charge < -0.3 is 15.1 Å². The predicted octanol–water partition coefficient (Wildman–Crippen LogP) is 4.28. The normalized spacial score (nSPS) is 56.4. The van der Waals surface area contributed by atoms with E-state index in [1.165, 1.54) is 32.1 Å². The minimum absolute atomic E-state index is 0.211. The predicted molar refractivity (Wildman–Crippen MR) is 102 cm³/mol. The van der Waals surface area contributed by atoms with Gasteiger partial charge in [0.1, 0.15) is 0 Å². The highest BCUT2D eigenvalue weighted by atomic mass is 16.6. The Kier molecular flexibility index (Phi) is 3.41. The average molecular weight is 370 g/mol. The van der Waals surface area contributed by atoms with E-state index in [9.17, 15) is 10.3 Å². The average Bonchev–Trinajstić information content (AvgIpc) is 3.32. The molecule has 6 rings (SSSR count). The van der Waals surface area contributed by atoms with Crippen LogP contribution in [0.3, 0.4) is 0 Å². The van der Waals surface area contributed by atoms with Crippen LogP contribution in [-0.4, -0.2) is 27.9 Å². The van der Waals surface area contributed by atoms with Crippen LogP contribution in [0.1, 0.15) is 58.3 Å². The molecule has 27 heavy (non-hydrogen) atoms. The zero-order chi connectivity index (χ0) is 18.4. The van der Waals surface area contributed by atoms with Crippen molar-refractivity contribution in [3.8, 4) is 0 Å². The standard InChI is InChI=1S/C23H31NO3/c1-2-22-8-5-15-14-4-3-13(24-26)11-16(14)17-12-18(17)21(15)19(22)6-9-23(22)10-7-20(25)27-23/h7,10-11,14-15,17-21,25-26H,2-6,8-9,12H2,1H3/b24-13+/t14-,15?,17+,18+,19?,20?,21?,22+,23-/m1/s1. The molecule has 0 aromatic carbocycles. The number of rotatable bonds is 1. The van der Waals surface area contributed by atoms with Gasteiger partial charge in [-0.05, 0) is 99.0 Å². The highest BCUT2D eigenvalue weighted by Gasteiger charge is 2.69. The summed E-state index contributed by atoms with van der Waals surface area (Å²) in [5.41, 5.74) is 2.50. The Bertz CT molecular complexity index is 757. The van der Waals surface area contributed by atoms with Crippen molar-refractivity contribution < 1.29 is 15.1 Å². The number of oxime groups is 1. The van der Waals surface area contributed by atoms with Crippen molar-refractivity contribution in [3.05, 3.63) is 23.8 Å². The van der Waals surface area contributed by atoms with Crippen molar-refractivity contribution in [2.24, 2.45) is 46.1 Å². The van der Waals surface area contributed by atoms with Gasteiger partial charge in [-0.15, -0.1) is 0 Å². The molecular formula is C23H31NO3. The van der Waals surface area contributed by atoms with E-state index in [2.05, 4.69) is 24.2 Å². The van der Waals surface area contributed by atoms with E-state index in [0.717, 1.165) is 54.6 Å². The van der Waals surface area contributed by atoms with Gasteiger partial charge in [0.25, 0.3) is 0 Å². The molecule has 0 bridgehead atoms. The first-order chi connectivity index (χ1) is 13.1. The molecule has 1 spiro atoms. The molecule has 0 aromatic heterocycles. The highest BCUT2D eigenvalue weighted by Crippen LogP contribution is 2.73. The van der Waals surface area contributed by atoms with Crippen LogP contribution in [0, 0.1) is 40.9 Å². The zero-order valence-corrected chi connectivity index (χ0v) is 16.2. The molecule has 1 heterocycles. The lowest BCUT2D eigenvalue weighted by Crippen LogP contribution is -2.54. The van der Waals surface area contributed by atoms with Crippen molar-refractivity contribution in [1.29, 1.82) is 0 Å². The van der Waals surface area contributed by atoms with Crippen molar-refractivity contribution in [2.75, 3.05) is 0 Å². The summed E-state index contributed by atoms with van der Waals surface area (Å²) in [6.07, 6.45) is 15.1. The number of aliphatic hydroxyl groups excluding tert-OH is 1. The number of fused-ring (bicyclic) bond motifs is 9. The number of ether oxygens (including phenoxy) is 1. The molecule has 146 valence electrons. The molecule has 4 saturated carbocycles. The summed E-state index contributed by atoms with van der Waals surface area (Å²) in [4.78, 5) is 0. The topological polar surface area (TPSA) is 62.0 Å². The molecule has 0 saturated heterocycles. The van der Waals surface area contributed by atoms with Crippen LogP contribution in [0.25, 0.3) is 0 Å². The Balaban J connectivity index is 1.38. The smallest absolute Gasteiger partial charge is 0.175 e. The number of nitrogens with zero attached hydrogens (tertiary/aromatic N) is 1.